The first-order valence-corrected chi connectivity index (χ1v) is 6.30. The highest BCUT2D eigenvalue weighted by molar-refractivity contribution is 5.50. The third-order valence-corrected chi connectivity index (χ3v) is 3.54. The van der Waals surface area contributed by atoms with E-state index in [1.54, 1.807) is 0 Å². The molecule has 0 fully saturated rings. The van der Waals surface area contributed by atoms with Gasteiger partial charge in [0.15, 0.2) is 0 Å². The number of anilines is 1. The van der Waals surface area contributed by atoms with E-state index in [0.717, 1.165) is 23.2 Å². The molecule has 0 N–H and O–H groups in total. The Bertz CT molecular complexity index is 598. The minimum absolute atomic E-state index is 0.203. The lowest BCUT2D eigenvalue weighted by Crippen LogP contribution is -2.39. The predicted molar refractivity (Wildman–Crippen MR) is 73.7 cm³/mol. The Morgan fingerprint density at radius 2 is 1.74 bits per heavy atom. The summed E-state index contributed by atoms with van der Waals surface area (Å²) >= 11 is 0. The number of hydrogen-bond acceptors (Lipinski definition) is 3. The monoisotopic (exact) mass is 254 g/mol. The van der Waals surface area contributed by atoms with Crippen LogP contribution in [0.3, 0.4) is 0 Å². The molecular formula is C15H14N2O2. The van der Waals surface area contributed by atoms with E-state index in [-0.39, 0.29) is 4.92 Å². The Kier molecular flexibility index (Phi) is 2.91. The van der Waals surface area contributed by atoms with Crippen molar-refractivity contribution in [2.75, 3.05) is 11.4 Å². The lowest BCUT2D eigenvalue weighted by atomic mass is 9.96. The second-order valence-electron chi connectivity index (χ2n) is 4.64. The standard InChI is InChI=1S/C15H14N2O2/c18-17(19)15-14-9-5-4-6-12(14)10-11-16(15)13-7-2-1-3-8-13/h1-9,15H,10-11H2. The van der Waals surface area contributed by atoms with Gasteiger partial charge in [0, 0.05) is 12.2 Å². The lowest BCUT2D eigenvalue weighted by molar-refractivity contribution is -0.529. The van der Waals surface area contributed by atoms with Crippen LogP contribution in [0.4, 0.5) is 5.69 Å². The Balaban J connectivity index is 2.06. The number of benzene rings is 2. The van der Waals surface area contributed by atoms with E-state index in [1.165, 1.54) is 0 Å². The van der Waals surface area contributed by atoms with Crippen molar-refractivity contribution in [2.24, 2.45) is 0 Å². The van der Waals surface area contributed by atoms with Crippen LogP contribution in [0.2, 0.25) is 0 Å². The van der Waals surface area contributed by atoms with Crippen LogP contribution in [-0.2, 0) is 6.42 Å². The maximum Gasteiger partial charge on any atom is 0.313 e. The van der Waals surface area contributed by atoms with Crippen molar-refractivity contribution < 1.29 is 4.92 Å². The van der Waals surface area contributed by atoms with E-state index in [0.29, 0.717) is 6.54 Å². The van der Waals surface area contributed by atoms with Gasteiger partial charge in [0.2, 0.25) is 0 Å². The highest BCUT2D eigenvalue weighted by atomic mass is 16.6. The number of nitrogens with zero attached hydrogens (tertiary/aromatic N) is 2. The summed E-state index contributed by atoms with van der Waals surface area (Å²) in [6, 6.07) is 17.2. The van der Waals surface area contributed by atoms with Gasteiger partial charge in [-0.25, -0.2) is 0 Å². The molecule has 1 aliphatic heterocycles. The Morgan fingerprint density at radius 1 is 1.05 bits per heavy atom. The summed E-state index contributed by atoms with van der Waals surface area (Å²) in [6.45, 7) is 0.673. The van der Waals surface area contributed by atoms with Gasteiger partial charge in [0.05, 0.1) is 10.5 Å². The van der Waals surface area contributed by atoms with E-state index >= 15 is 0 Å². The zero-order valence-corrected chi connectivity index (χ0v) is 10.4. The van der Waals surface area contributed by atoms with E-state index in [9.17, 15) is 10.1 Å². The molecule has 0 amide bonds. The molecule has 1 heterocycles. The molecular weight excluding hydrogens is 240 g/mol. The SMILES string of the molecule is O=[N+]([O-])C1c2ccccc2CCN1c1ccccc1. The summed E-state index contributed by atoms with van der Waals surface area (Å²) in [6.07, 6.45) is 0.0578. The summed E-state index contributed by atoms with van der Waals surface area (Å²) in [7, 11) is 0. The molecule has 1 aliphatic rings. The fraction of sp³-hybridized carbons (Fsp3) is 0.200. The molecule has 0 aromatic heterocycles. The largest absolute Gasteiger partial charge is 0.313 e. The fourth-order valence-corrected chi connectivity index (χ4v) is 2.66. The zero-order chi connectivity index (χ0) is 13.2. The molecule has 0 spiro atoms. The van der Waals surface area contributed by atoms with Crippen molar-refractivity contribution in [1.29, 1.82) is 0 Å². The van der Waals surface area contributed by atoms with E-state index in [2.05, 4.69) is 0 Å². The summed E-state index contributed by atoms with van der Waals surface area (Å²) in [5.41, 5.74) is 2.79. The Hall–Kier alpha value is -2.36. The van der Waals surface area contributed by atoms with Gasteiger partial charge in [-0.1, -0.05) is 36.4 Å². The first-order chi connectivity index (χ1) is 9.27. The molecule has 0 bridgehead atoms. The van der Waals surface area contributed by atoms with Crippen LogP contribution >= 0.6 is 0 Å². The van der Waals surface area contributed by atoms with Gasteiger partial charge in [-0.3, -0.25) is 10.1 Å². The third-order valence-electron chi connectivity index (χ3n) is 3.54. The molecule has 4 heteroatoms. The second-order valence-corrected chi connectivity index (χ2v) is 4.64. The molecule has 96 valence electrons. The fourth-order valence-electron chi connectivity index (χ4n) is 2.66. The summed E-state index contributed by atoms with van der Waals surface area (Å²) < 4.78 is 0. The van der Waals surface area contributed by atoms with Crippen LogP contribution in [0.25, 0.3) is 0 Å². The quantitative estimate of drug-likeness (QED) is 0.611. The average molecular weight is 254 g/mol. The van der Waals surface area contributed by atoms with Crippen LogP contribution in [0, 0.1) is 10.1 Å². The maximum absolute atomic E-state index is 11.5. The smallest absolute Gasteiger partial charge is 0.306 e. The van der Waals surface area contributed by atoms with Crippen molar-refractivity contribution >= 4 is 5.69 Å². The van der Waals surface area contributed by atoms with Gasteiger partial charge in [-0.05, 0) is 30.2 Å². The van der Waals surface area contributed by atoms with Gasteiger partial charge >= 0.3 is 6.17 Å². The van der Waals surface area contributed by atoms with Crippen LogP contribution in [0.5, 0.6) is 0 Å². The predicted octanol–water partition coefficient (Wildman–Crippen LogP) is 3.02. The van der Waals surface area contributed by atoms with Crippen LogP contribution in [0.15, 0.2) is 54.6 Å². The van der Waals surface area contributed by atoms with E-state index in [1.807, 2.05) is 59.5 Å². The normalized spacial score (nSPS) is 17.9. The van der Waals surface area contributed by atoms with Crippen LogP contribution in [0.1, 0.15) is 17.3 Å². The summed E-state index contributed by atoms with van der Waals surface area (Å²) in [5.74, 6) is 0. The lowest BCUT2D eigenvalue weighted by Gasteiger charge is -2.33. The third kappa shape index (κ3) is 2.05. The number of rotatable bonds is 2. The van der Waals surface area contributed by atoms with Gasteiger partial charge < -0.3 is 4.90 Å². The summed E-state index contributed by atoms with van der Waals surface area (Å²) in [5, 5.41) is 11.5. The van der Waals surface area contributed by atoms with Crippen LogP contribution in [-0.4, -0.2) is 11.5 Å². The van der Waals surface area contributed by atoms with Crippen molar-refractivity contribution in [3.05, 3.63) is 75.8 Å². The van der Waals surface area contributed by atoms with Gasteiger partial charge in [0.25, 0.3) is 0 Å². The first-order valence-electron chi connectivity index (χ1n) is 6.30. The van der Waals surface area contributed by atoms with Crippen molar-refractivity contribution in [3.8, 4) is 0 Å². The molecule has 19 heavy (non-hydrogen) atoms. The Labute approximate surface area is 111 Å². The topological polar surface area (TPSA) is 46.4 Å². The van der Waals surface area contributed by atoms with Gasteiger partial charge in [0.1, 0.15) is 0 Å². The van der Waals surface area contributed by atoms with Crippen LogP contribution < -0.4 is 4.90 Å². The Morgan fingerprint density at radius 3 is 2.47 bits per heavy atom. The minimum Gasteiger partial charge on any atom is -0.306 e. The second kappa shape index (κ2) is 4.72. The first kappa shape index (κ1) is 11.7. The molecule has 2 aromatic rings. The molecule has 0 aliphatic carbocycles. The zero-order valence-electron chi connectivity index (χ0n) is 10.4. The molecule has 0 saturated carbocycles. The van der Waals surface area contributed by atoms with E-state index < -0.39 is 6.17 Å². The van der Waals surface area contributed by atoms with Gasteiger partial charge in [-0.2, -0.15) is 0 Å². The summed E-state index contributed by atoms with van der Waals surface area (Å²) in [4.78, 5) is 13.1. The number of fused-ring (bicyclic) bond motifs is 1. The average Bonchev–Trinajstić information content (AvgIpc) is 2.46. The molecule has 3 rings (SSSR count). The number of nitro groups is 1. The molecule has 1 unspecified atom stereocenters. The maximum atomic E-state index is 11.5. The molecule has 0 radical (unpaired) electrons. The van der Waals surface area contributed by atoms with E-state index in [4.69, 9.17) is 0 Å². The molecule has 1 atom stereocenters. The molecule has 0 saturated heterocycles. The molecule has 2 aromatic carbocycles. The number of hydrogen-bond donors (Lipinski definition) is 0. The van der Waals surface area contributed by atoms with Crippen molar-refractivity contribution in [1.82, 2.24) is 0 Å². The van der Waals surface area contributed by atoms with Gasteiger partial charge in [-0.15, -0.1) is 0 Å². The highest BCUT2D eigenvalue weighted by Gasteiger charge is 2.35. The van der Waals surface area contributed by atoms with Crippen molar-refractivity contribution in [2.45, 2.75) is 12.6 Å². The van der Waals surface area contributed by atoms with Crippen molar-refractivity contribution in [3.63, 3.8) is 0 Å². The minimum atomic E-state index is -0.785. The number of para-hydroxylation sites is 1. The molecule has 4 nitrogen and oxygen atoms in total. The highest BCUT2D eigenvalue weighted by Crippen LogP contribution is 2.33.